The van der Waals surface area contributed by atoms with Crippen LogP contribution < -0.4 is 4.90 Å². The lowest BCUT2D eigenvalue weighted by Gasteiger charge is -2.29. The predicted molar refractivity (Wildman–Crippen MR) is 91.9 cm³/mol. The van der Waals surface area contributed by atoms with Crippen molar-refractivity contribution in [3.63, 3.8) is 0 Å². The van der Waals surface area contributed by atoms with Gasteiger partial charge >= 0.3 is 5.97 Å². The van der Waals surface area contributed by atoms with Gasteiger partial charge in [-0.2, -0.15) is 0 Å². The summed E-state index contributed by atoms with van der Waals surface area (Å²) < 4.78 is 4.65. The molecule has 1 saturated carbocycles. The number of hydrogen-bond donors (Lipinski definition) is 0. The van der Waals surface area contributed by atoms with E-state index in [-0.39, 0.29) is 33.3 Å². The highest BCUT2D eigenvalue weighted by atomic mass is 79.9. The lowest BCUT2D eigenvalue weighted by molar-refractivity contribution is -0.122. The Morgan fingerprint density at radius 3 is 1.96 bits per heavy atom. The van der Waals surface area contributed by atoms with E-state index in [1.807, 2.05) is 0 Å². The van der Waals surface area contributed by atoms with Crippen molar-refractivity contribution < 1.29 is 19.1 Å². The van der Waals surface area contributed by atoms with Gasteiger partial charge < -0.3 is 4.74 Å². The molecule has 5 nitrogen and oxygen atoms in total. The van der Waals surface area contributed by atoms with E-state index in [1.54, 1.807) is 24.3 Å². The van der Waals surface area contributed by atoms with Gasteiger partial charge in [0, 0.05) is 9.65 Å². The van der Waals surface area contributed by atoms with Gasteiger partial charge in [0.1, 0.15) is 0 Å². The molecule has 0 unspecified atom stereocenters. The average molecular weight is 445 g/mol. The number of fused-ring (bicyclic) bond motifs is 1. The molecule has 2 amide bonds. The molecule has 0 N–H and O–H groups in total. The largest absolute Gasteiger partial charge is 0.465 e. The number of halogens is 2. The van der Waals surface area contributed by atoms with E-state index in [9.17, 15) is 14.4 Å². The van der Waals surface area contributed by atoms with Gasteiger partial charge in [-0.3, -0.25) is 14.5 Å². The standard InChI is InChI=1S/C16H15Br2NO4/c1-23-16(22)8-2-4-9(5-3-8)19-14(20)10-6-12(17)13(18)7-11(10)15(19)21/h2-5,10-13H,6-7H2,1H3/t10-,11-,12+,13+/m1/s1. The highest BCUT2D eigenvalue weighted by Crippen LogP contribution is 2.44. The number of nitrogens with zero attached hydrogens (tertiary/aromatic N) is 1. The third kappa shape index (κ3) is 2.85. The van der Waals surface area contributed by atoms with E-state index in [2.05, 4.69) is 36.6 Å². The summed E-state index contributed by atoms with van der Waals surface area (Å²) in [7, 11) is 1.31. The van der Waals surface area contributed by atoms with Crippen molar-refractivity contribution in [1.82, 2.24) is 0 Å². The first-order valence-corrected chi connectivity index (χ1v) is 9.11. The van der Waals surface area contributed by atoms with E-state index in [4.69, 9.17) is 0 Å². The van der Waals surface area contributed by atoms with Crippen molar-refractivity contribution in [2.45, 2.75) is 22.5 Å². The van der Waals surface area contributed by atoms with Crippen LogP contribution in [0.15, 0.2) is 24.3 Å². The lowest BCUT2D eigenvalue weighted by Crippen LogP contribution is -2.34. The van der Waals surface area contributed by atoms with E-state index < -0.39 is 5.97 Å². The van der Waals surface area contributed by atoms with Gasteiger partial charge in [-0.1, -0.05) is 31.9 Å². The molecule has 1 aliphatic carbocycles. The molecule has 1 aromatic carbocycles. The van der Waals surface area contributed by atoms with E-state index >= 15 is 0 Å². The molecular formula is C16H15Br2NO4. The third-order valence-corrected chi connectivity index (χ3v) is 7.19. The number of rotatable bonds is 2. The molecule has 3 rings (SSSR count). The molecule has 1 saturated heterocycles. The van der Waals surface area contributed by atoms with Gasteiger partial charge in [0.2, 0.25) is 11.8 Å². The normalized spacial score (nSPS) is 30.3. The molecule has 0 bridgehead atoms. The zero-order valence-corrected chi connectivity index (χ0v) is 15.5. The van der Waals surface area contributed by atoms with Crippen molar-refractivity contribution in [2.75, 3.05) is 12.0 Å². The minimum absolute atomic E-state index is 0.158. The van der Waals surface area contributed by atoms with Crippen LogP contribution in [0.3, 0.4) is 0 Å². The van der Waals surface area contributed by atoms with Crippen LogP contribution in [0.1, 0.15) is 23.2 Å². The summed E-state index contributed by atoms with van der Waals surface area (Å²) in [5.41, 5.74) is 0.883. The Bertz CT molecular complexity index is 633. The second-order valence-electron chi connectivity index (χ2n) is 5.77. The predicted octanol–water partition coefficient (Wildman–Crippen LogP) is 2.90. The Morgan fingerprint density at radius 1 is 1.04 bits per heavy atom. The van der Waals surface area contributed by atoms with Crippen LogP contribution in [-0.4, -0.2) is 34.5 Å². The number of hydrogen-bond acceptors (Lipinski definition) is 4. The SMILES string of the molecule is COC(=O)c1ccc(N2C(=O)[C@@H]3C[C@H](Br)[C@@H](Br)C[C@H]3C2=O)cc1. The molecule has 0 aromatic heterocycles. The number of methoxy groups -OCH3 is 1. The molecule has 0 spiro atoms. The molecule has 2 fully saturated rings. The van der Waals surface area contributed by atoms with Crippen molar-refractivity contribution >= 4 is 55.3 Å². The average Bonchev–Trinajstić information content (AvgIpc) is 2.78. The zero-order chi connectivity index (χ0) is 16.7. The first-order valence-electron chi connectivity index (χ1n) is 7.28. The van der Waals surface area contributed by atoms with Crippen LogP contribution in [0.2, 0.25) is 0 Å². The van der Waals surface area contributed by atoms with Crippen LogP contribution in [0.25, 0.3) is 0 Å². The Labute approximate surface area is 150 Å². The number of esters is 1. The summed E-state index contributed by atoms with van der Waals surface area (Å²) in [5.74, 6) is -1.32. The Morgan fingerprint density at radius 2 is 1.52 bits per heavy atom. The van der Waals surface area contributed by atoms with E-state index in [0.717, 1.165) is 0 Å². The fourth-order valence-electron chi connectivity index (χ4n) is 3.21. The zero-order valence-electron chi connectivity index (χ0n) is 12.4. The number of carbonyl (C=O) groups excluding carboxylic acids is 3. The number of benzene rings is 1. The monoisotopic (exact) mass is 443 g/mol. The maximum absolute atomic E-state index is 12.7. The van der Waals surface area contributed by atoms with Crippen LogP contribution in [0.5, 0.6) is 0 Å². The summed E-state index contributed by atoms with van der Waals surface area (Å²) in [6, 6.07) is 6.34. The summed E-state index contributed by atoms with van der Waals surface area (Å²) >= 11 is 7.13. The van der Waals surface area contributed by atoms with E-state index in [0.29, 0.717) is 24.1 Å². The van der Waals surface area contributed by atoms with Gasteiger partial charge in [0.25, 0.3) is 0 Å². The lowest BCUT2D eigenvalue weighted by atomic mass is 9.81. The summed E-state index contributed by atoms with van der Waals surface area (Å²) in [4.78, 5) is 38.4. The van der Waals surface area contributed by atoms with Crippen LogP contribution in [-0.2, 0) is 14.3 Å². The molecule has 23 heavy (non-hydrogen) atoms. The first-order chi connectivity index (χ1) is 10.9. The number of carbonyl (C=O) groups is 3. The number of amides is 2. The van der Waals surface area contributed by atoms with Crippen molar-refractivity contribution in [1.29, 1.82) is 0 Å². The van der Waals surface area contributed by atoms with Gasteiger partial charge in [-0.15, -0.1) is 0 Å². The second-order valence-corrected chi connectivity index (χ2v) is 8.12. The van der Waals surface area contributed by atoms with Crippen LogP contribution >= 0.6 is 31.9 Å². The Balaban J connectivity index is 1.87. The van der Waals surface area contributed by atoms with Gasteiger partial charge in [-0.05, 0) is 37.1 Å². The molecule has 4 atom stereocenters. The molecule has 7 heteroatoms. The maximum atomic E-state index is 12.7. The Hall–Kier alpha value is -1.21. The highest BCUT2D eigenvalue weighted by molar-refractivity contribution is 9.12. The topological polar surface area (TPSA) is 63.7 Å². The van der Waals surface area contributed by atoms with E-state index in [1.165, 1.54) is 12.0 Å². The Kier molecular flexibility index (Phi) is 4.60. The van der Waals surface area contributed by atoms with Crippen molar-refractivity contribution in [3.8, 4) is 0 Å². The fourth-order valence-corrected chi connectivity index (χ4v) is 4.45. The minimum atomic E-state index is -0.450. The maximum Gasteiger partial charge on any atom is 0.337 e. The molecule has 1 aromatic rings. The summed E-state index contributed by atoms with van der Waals surface area (Å²) in [6.45, 7) is 0. The van der Waals surface area contributed by atoms with Gasteiger partial charge in [0.15, 0.2) is 0 Å². The van der Waals surface area contributed by atoms with Gasteiger partial charge in [0.05, 0.1) is 30.2 Å². The minimum Gasteiger partial charge on any atom is -0.465 e. The summed E-state index contributed by atoms with van der Waals surface area (Å²) in [5, 5.41) is 0. The number of anilines is 1. The van der Waals surface area contributed by atoms with Crippen molar-refractivity contribution in [3.05, 3.63) is 29.8 Å². The van der Waals surface area contributed by atoms with Gasteiger partial charge in [-0.25, -0.2) is 4.79 Å². The molecule has 2 aliphatic rings. The molecule has 0 radical (unpaired) electrons. The number of ether oxygens (including phenoxy) is 1. The smallest absolute Gasteiger partial charge is 0.337 e. The quantitative estimate of drug-likeness (QED) is 0.399. The molecule has 1 aliphatic heterocycles. The second kappa shape index (κ2) is 6.36. The molecule has 1 heterocycles. The van der Waals surface area contributed by atoms with Crippen LogP contribution in [0, 0.1) is 11.8 Å². The van der Waals surface area contributed by atoms with Crippen molar-refractivity contribution in [2.24, 2.45) is 11.8 Å². The first kappa shape index (κ1) is 16.6. The third-order valence-electron chi connectivity index (χ3n) is 4.46. The fraction of sp³-hybridized carbons (Fsp3) is 0.438. The molecular weight excluding hydrogens is 430 g/mol. The molecule has 122 valence electrons. The highest BCUT2D eigenvalue weighted by Gasteiger charge is 2.52. The number of imide groups is 1. The van der Waals surface area contributed by atoms with Crippen LogP contribution in [0.4, 0.5) is 5.69 Å². The number of alkyl halides is 2. The summed E-state index contributed by atoms with van der Waals surface area (Å²) in [6.07, 6.45) is 1.28.